The highest BCUT2D eigenvalue weighted by atomic mass is 32.1. The van der Waals surface area contributed by atoms with Gasteiger partial charge in [0.1, 0.15) is 12.3 Å². The van der Waals surface area contributed by atoms with Crippen LogP contribution in [0.5, 0.6) is 0 Å². The molecule has 1 saturated heterocycles. The van der Waals surface area contributed by atoms with Crippen LogP contribution < -0.4 is 0 Å². The molecule has 6 heteroatoms. The number of hydrogen-bond acceptors (Lipinski definition) is 6. The normalized spacial score (nSPS) is 19.6. The first-order chi connectivity index (χ1) is 10.3. The Morgan fingerprint density at radius 1 is 1.57 bits per heavy atom. The molecular weight excluding hydrogens is 288 g/mol. The van der Waals surface area contributed by atoms with E-state index in [2.05, 4.69) is 9.88 Å². The molecule has 0 aromatic carbocycles. The van der Waals surface area contributed by atoms with Gasteiger partial charge in [0, 0.05) is 6.54 Å². The summed E-state index contributed by atoms with van der Waals surface area (Å²) in [6, 6.07) is 3.80. The highest BCUT2D eigenvalue weighted by Gasteiger charge is 2.30. The maximum atomic E-state index is 11.9. The molecule has 21 heavy (non-hydrogen) atoms. The lowest BCUT2D eigenvalue weighted by molar-refractivity contribution is -0.148. The molecule has 1 aliphatic heterocycles. The quantitative estimate of drug-likeness (QED) is 0.813. The molecule has 3 rings (SSSR count). The van der Waals surface area contributed by atoms with Crippen LogP contribution in [-0.4, -0.2) is 35.5 Å². The topological polar surface area (TPSA) is 55.6 Å². The molecule has 1 aliphatic rings. The second-order valence-electron chi connectivity index (χ2n) is 5.13. The first kappa shape index (κ1) is 14.3. The smallest absolute Gasteiger partial charge is 0.323 e. The SMILES string of the molecule is COC(=O)C1CCCCN1Cc1coc(-c2cccs2)n1. The third kappa shape index (κ3) is 3.16. The second-order valence-corrected chi connectivity index (χ2v) is 6.07. The largest absolute Gasteiger partial charge is 0.468 e. The van der Waals surface area contributed by atoms with Crippen molar-refractivity contribution in [3.8, 4) is 10.8 Å². The molecule has 1 unspecified atom stereocenters. The number of piperidine rings is 1. The van der Waals surface area contributed by atoms with Gasteiger partial charge in [-0.3, -0.25) is 9.69 Å². The van der Waals surface area contributed by atoms with Crippen LogP contribution in [0.3, 0.4) is 0 Å². The number of oxazole rings is 1. The summed E-state index contributed by atoms with van der Waals surface area (Å²) in [7, 11) is 1.44. The van der Waals surface area contributed by atoms with Gasteiger partial charge in [0.25, 0.3) is 0 Å². The van der Waals surface area contributed by atoms with E-state index in [0.717, 1.165) is 36.4 Å². The number of esters is 1. The number of likely N-dealkylation sites (tertiary alicyclic amines) is 1. The fourth-order valence-electron chi connectivity index (χ4n) is 2.68. The third-order valence-corrected chi connectivity index (χ3v) is 4.59. The number of methoxy groups -OCH3 is 1. The first-order valence-corrected chi connectivity index (χ1v) is 7.96. The first-order valence-electron chi connectivity index (χ1n) is 7.08. The van der Waals surface area contributed by atoms with Gasteiger partial charge >= 0.3 is 5.97 Å². The summed E-state index contributed by atoms with van der Waals surface area (Å²) < 4.78 is 10.4. The highest BCUT2D eigenvalue weighted by Crippen LogP contribution is 2.25. The van der Waals surface area contributed by atoms with E-state index in [1.165, 1.54) is 7.11 Å². The van der Waals surface area contributed by atoms with Crippen molar-refractivity contribution in [2.24, 2.45) is 0 Å². The number of nitrogens with zero attached hydrogens (tertiary/aromatic N) is 2. The van der Waals surface area contributed by atoms with E-state index in [1.54, 1.807) is 17.6 Å². The number of carbonyl (C=O) groups is 1. The molecule has 2 aromatic rings. The van der Waals surface area contributed by atoms with Crippen molar-refractivity contribution in [3.63, 3.8) is 0 Å². The van der Waals surface area contributed by atoms with E-state index in [-0.39, 0.29) is 12.0 Å². The van der Waals surface area contributed by atoms with Crippen molar-refractivity contribution in [1.29, 1.82) is 0 Å². The summed E-state index contributed by atoms with van der Waals surface area (Å²) in [5.41, 5.74) is 0.856. The van der Waals surface area contributed by atoms with E-state index in [1.807, 2.05) is 17.5 Å². The minimum absolute atomic E-state index is 0.156. The molecule has 0 amide bonds. The lowest BCUT2D eigenvalue weighted by Crippen LogP contribution is -2.44. The van der Waals surface area contributed by atoms with Gasteiger partial charge in [-0.25, -0.2) is 4.98 Å². The minimum atomic E-state index is -0.161. The molecule has 0 bridgehead atoms. The van der Waals surface area contributed by atoms with Gasteiger partial charge in [0.15, 0.2) is 0 Å². The summed E-state index contributed by atoms with van der Waals surface area (Å²) in [5, 5.41) is 2.00. The van der Waals surface area contributed by atoms with Crippen LogP contribution in [0, 0.1) is 0 Å². The predicted octanol–water partition coefficient (Wildman–Crippen LogP) is 2.93. The Balaban J connectivity index is 1.71. The monoisotopic (exact) mass is 306 g/mol. The molecule has 1 fully saturated rings. The van der Waals surface area contributed by atoms with Gasteiger partial charge in [0.05, 0.1) is 17.7 Å². The molecule has 0 spiro atoms. The fourth-order valence-corrected chi connectivity index (χ4v) is 3.34. The van der Waals surface area contributed by atoms with Gasteiger partial charge in [-0.15, -0.1) is 11.3 Å². The van der Waals surface area contributed by atoms with Crippen molar-refractivity contribution in [1.82, 2.24) is 9.88 Å². The third-order valence-electron chi connectivity index (χ3n) is 3.74. The Hall–Kier alpha value is -1.66. The van der Waals surface area contributed by atoms with Gasteiger partial charge in [0.2, 0.25) is 5.89 Å². The van der Waals surface area contributed by atoms with Crippen LogP contribution in [0.1, 0.15) is 25.0 Å². The number of ether oxygens (including phenoxy) is 1. The molecule has 5 nitrogen and oxygen atoms in total. The maximum Gasteiger partial charge on any atom is 0.323 e. The molecule has 3 heterocycles. The Bertz CT molecular complexity index is 594. The van der Waals surface area contributed by atoms with Crippen LogP contribution in [0.25, 0.3) is 10.8 Å². The number of aromatic nitrogens is 1. The number of hydrogen-bond donors (Lipinski definition) is 0. The van der Waals surface area contributed by atoms with Crippen LogP contribution in [0.2, 0.25) is 0 Å². The summed E-state index contributed by atoms with van der Waals surface area (Å²) in [4.78, 5) is 19.5. The molecule has 0 N–H and O–H groups in total. The number of carbonyl (C=O) groups excluding carboxylic acids is 1. The Morgan fingerprint density at radius 2 is 2.48 bits per heavy atom. The van der Waals surface area contributed by atoms with Crippen molar-refractivity contribution in [2.75, 3.05) is 13.7 Å². The van der Waals surface area contributed by atoms with Crippen molar-refractivity contribution < 1.29 is 13.9 Å². The van der Waals surface area contributed by atoms with Crippen molar-refractivity contribution >= 4 is 17.3 Å². The number of rotatable bonds is 4. The van der Waals surface area contributed by atoms with Crippen LogP contribution in [0.15, 0.2) is 28.2 Å². The lowest BCUT2D eigenvalue weighted by atomic mass is 10.0. The van der Waals surface area contributed by atoms with Crippen LogP contribution >= 0.6 is 11.3 Å². The van der Waals surface area contributed by atoms with Gasteiger partial charge in [-0.2, -0.15) is 0 Å². The fraction of sp³-hybridized carbons (Fsp3) is 0.467. The molecule has 0 radical (unpaired) electrons. The minimum Gasteiger partial charge on any atom is -0.468 e. The molecule has 0 saturated carbocycles. The zero-order valence-electron chi connectivity index (χ0n) is 11.9. The molecular formula is C15H18N2O3S. The molecule has 2 aromatic heterocycles. The summed E-state index contributed by atoms with van der Waals surface area (Å²) in [6.07, 6.45) is 4.69. The lowest BCUT2D eigenvalue weighted by Gasteiger charge is -2.32. The summed E-state index contributed by atoms with van der Waals surface area (Å²) in [6.45, 7) is 1.51. The van der Waals surface area contributed by atoms with E-state index < -0.39 is 0 Å². The predicted molar refractivity (Wildman–Crippen MR) is 79.9 cm³/mol. The zero-order chi connectivity index (χ0) is 14.7. The Kier molecular flexibility index (Phi) is 4.36. The zero-order valence-corrected chi connectivity index (χ0v) is 12.8. The highest BCUT2D eigenvalue weighted by molar-refractivity contribution is 7.13. The van der Waals surface area contributed by atoms with E-state index in [4.69, 9.17) is 9.15 Å². The molecule has 112 valence electrons. The second kappa shape index (κ2) is 6.41. The molecule has 0 aliphatic carbocycles. The van der Waals surface area contributed by atoms with Gasteiger partial charge < -0.3 is 9.15 Å². The van der Waals surface area contributed by atoms with Crippen molar-refractivity contribution in [2.45, 2.75) is 31.8 Å². The van der Waals surface area contributed by atoms with E-state index in [0.29, 0.717) is 12.4 Å². The number of thiophene rings is 1. The molecule has 1 atom stereocenters. The van der Waals surface area contributed by atoms with Crippen LogP contribution in [-0.2, 0) is 16.1 Å². The van der Waals surface area contributed by atoms with Crippen molar-refractivity contribution in [3.05, 3.63) is 29.5 Å². The van der Waals surface area contributed by atoms with Gasteiger partial charge in [-0.1, -0.05) is 12.5 Å². The Labute approximate surface area is 127 Å². The Morgan fingerprint density at radius 3 is 3.24 bits per heavy atom. The average Bonchev–Trinajstić information content (AvgIpc) is 3.18. The summed E-state index contributed by atoms with van der Waals surface area (Å²) in [5.74, 6) is 0.489. The van der Waals surface area contributed by atoms with E-state index in [9.17, 15) is 4.79 Å². The standard InChI is InChI=1S/C15H18N2O3S/c1-19-15(18)12-5-2-3-7-17(12)9-11-10-20-14(16-11)13-6-4-8-21-13/h4,6,8,10,12H,2-3,5,7,9H2,1H3. The van der Waals surface area contributed by atoms with Gasteiger partial charge in [-0.05, 0) is 30.8 Å². The summed E-state index contributed by atoms with van der Waals surface area (Å²) >= 11 is 1.60. The van der Waals surface area contributed by atoms with E-state index >= 15 is 0 Å². The maximum absolute atomic E-state index is 11.9. The average molecular weight is 306 g/mol. The van der Waals surface area contributed by atoms with Crippen LogP contribution in [0.4, 0.5) is 0 Å².